The van der Waals surface area contributed by atoms with Gasteiger partial charge in [0.15, 0.2) is 0 Å². The van der Waals surface area contributed by atoms with Gasteiger partial charge in [-0.15, -0.1) is 0 Å². The molecular weight excluding hydrogens is 226 g/mol. The van der Waals surface area contributed by atoms with Gasteiger partial charge >= 0.3 is 0 Å². The Labute approximate surface area is 98.0 Å². The van der Waals surface area contributed by atoms with E-state index in [0.717, 1.165) is 6.07 Å². The minimum Gasteiger partial charge on any atom is -0.354 e. The van der Waals surface area contributed by atoms with Gasteiger partial charge in [0.2, 0.25) is 5.91 Å². The zero-order valence-corrected chi connectivity index (χ0v) is 9.30. The predicted octanol–water partition coefficient (Wildman–Crippen LogP) is 1.07. The number of hydrogen-bond acceptors (Lipinski definition) is 2. The van der Waals surface area contributed by atoms with Crippen LogP contribution >= 0.6 is 0 Å². The molecule has 0 heterocycles. The fourth-order valence-electron chi connectivity index (χ4n) is 1.98. The maximum atomic E-state index is 13.6. The summed E-state index contributed by atoms with van der Waals surface area (Å²) in [5, 5.41) is 2.65. The van der Waals surface area contributed by atoms with Crippen LogP contribution in [-0.4, -0.2) is 19.0 Å². The van der Waals surface area contributed by atoms with Crippen molar-refractivity contribution in [1.29, 1.82) is 0 Å². The van der Waals surface area contributed by atoms with Crippen LogP contribution in [0.2, 0.25) is 0 Å². The van der Waals surface area contributed by atoms with Crippen molar-refractivity contribution < 1.29 is 13.6 Å². The van der Waals surface area contributed by atoms with E-state index in [4.69, 9.17) is 5.73 Å². The zero-order valence-electron chi connectivity index (χ0n) is 9.30. The van der Waals surface area contributed by atoms with Gasteiger partial charge in [0, 0.05) is 24.7 Å². The van der Waals surface area contributed by atoms with Crippen LogP contribution in [0.15, 0.2) is 18.2 Å². The predicted molar refractivity (Wildman–Crippen MR) is 59.3 cm³/mol. The van der Waals surface area contributed by atoms with E-state index in [1.807, 2.05) is 0 Å². The standard InChI is InChI=1S/C12H14F2N2O/c13-8-1-2-9(10(14)7-8)12(3-4-12)11(17)16-6-5-15/h1-2,7H,3-6,15H2,(H,16,17). The van der Waals surface area contributed by atoms with E-state index < -0.39 is 17.0 Å². The van der Waals surface area contributed by atoms with Gasteiger partial charge in [0.1, 0.15) is 11.6 Å². The van der Waals surface area contributed by atoms with Crippen LogP contribution in [0.3, 0.4) is 0 Å². The molecule has 0 saturated heterocycles. The van der Waals surface area contributed by atoms with E-state index >= 15 is 0 Å². The van der Waals surface area contributed by atoms with Gasteiger partial charge in [-0.2, -0.15) is 0 Å². The molecule has 1 aromatic rings. The molecule has 0 atom stereocenters. The van der Waals surface area contributed by atoms with Crippen molar-refractivity contribution in [1.82, 2.24) is 5.32 Å². The fraction of sp³-hybridized carbons (Fsp3) is 0.417. The second kappa shape index (κ2) is 4.41. The van der Waals surface area contributed by atoms with Crippen LogP contribution in [0.1, 0.15) is 18.4 Å². The Hall–Kier alpha value is -1.49. The number of rotatable bonds is 4. The summed E-state index contributed by atoms with van der Waals surface area (Å²) >= 11 is 0. The molecule has 17 heavy (non-hydrogen) atoms. The van der Waals surface area contributed by atoms with Gasteiger partial charge in [-0.25, -0.2) is 8.78 Å². The quantitative estimate of drug-likeness (QED) is 0.827. The number of hydrogen-bond donors (Lipinski definition) is 2. The maximum absolute atomic E-state index is 13.6. The highest BCUT2D eigenvalue weighted by molar-refractivity contribution is 5.91. The molecule has 0 unspecified atom stereocenters. The lowest BCUT2D eigenvalue weighted by Crippen LogP contribution is -2.38. The Balaban J connectivity index is 2.23. The molecule has 1 aliphatic carbocycles. The van der Waals surface area contributed by atoms with Crippen LogP contribution in [0.5, 0.6) is 0 Å². The summed E-state index contributed by atoms with van der Waals surface area (Å²) in [6.07, 6.45) is 1.18. The highest BCUT2D eigenvalue weighted by Gasteiger charge is 2.52. The Bertz CT molecular complexity index is 444. The van der Waals surface area contributed by atoms with E-state index in [1.165, 1.54) is 12.1 Å². The van der Waals surface area contributed by atoms with Gasteiger partial charge in [-0.3, -0.25) is 4.79 Å². The molecule has 1 fully saturated rings. The van der Waals surface area contributed by atoms with Crippen molar-refractivity contribution in [2.45, 2.75) is 18.3 Å². The van der Waals surface area contributed by atoms with Crippen LogP contribution < -0.4 is 11.1 Å². The average molecular weight is 240 g/mol. The molecule has 1 aromatic carbocycles. The zero-order chi connectivity index (χ0) is 12.5. The molecule has 1 amide bonds. The topological polar surface area (TPSA) is 55.1 Å². The third-order valence-corrected chi connectivity index (χ3v) is 3.06. The Morgan fingerprint density at radius 3 is 2.65 bits per heavy atom. The molecule has 0 spiro atoms. The first-order valence-electron chi connectivity index (χ1n) is 5.54. The second-order valence-corrected chi connectivity index (χ2v) is 4.25. The summed E-state index contributed by atoms with van der Waals surface area (Å²) in [7, 11) is 0. The molecular formula is C12H14F2N2O. The molecule has 1 aliphatic rings. The molecule has 92 valence electrons. The number of amides is 1. The first-order chi connectivity index (χ1) is 8.10. The smallest absolute Gasteiger partial charge is 0.230 e. The normalized spacial score (nSPS) is 16.6. The summed E-state index contributed by atoms with van der Waals surface area (Å²) < 4.78 is 26.4. The number of nitrogens with two attached hydrogens (primary N) is 1. The van der Waals surface area contributed by atoms with E-state index in [2.05, 4.69) is 5.32 Å². The van der Waals surface area contributed by atoms with Crippen LogP contribution in [0.25, 0.3) is 0 Å². The van der Waals surface area contributed by atoms with Gasteiger partial charge in [0.25, 0.3) is 0 Å². The highest BCUT2D eigenvalue weighted by Crippen LogP contribution is 2.49. The minimum absolute atomic E-state index is 0.228. The fourth-order valence-corrected chi connectivity index (χ4v) is 1.98. The largest absolute Gasteiger partial charge is 0.354 e. The molecule has 0 bridgehead atoms. The van der Waals surface area contributed by atoms with E-state index in [9.17, 15) is 13.6 Å². The molecule has 3 nitrogen and oxygen atoms in total. The van der Waals surface area contributed by atoms with Crippen LogP contribution in [-0.2, 0) is 10.2 Å². The Morgan fingerprint density at radius 2 is 2.12 bits per heavy atom. The second-order valence-electron chi connectivity index (χ2n) is 4.25. The first kappa shape index (κ1) is 12.0. The first-order valence-corrected chi connectivity index (χ1v) is 5.54. The number of nitrogens with one attached hydrogen (secondary N) is 1. The molecule has 3 N–H and O–H groups in total. The number of benzene rings is 1. The van der Waals surface area contributed by atoms with E-state index in [0.29, 0.717) is 25.9 Å². The molecule has 0 aromatic heterocycles. The summed E-state index contributed by atoms with van der Waals surface area (Å²) in [5.41, 5.74) is 4.75. The van der Waals surface area contributed by atoms with Gasteiger partial charge in [0.05, 0.1) is 5.41 Å². The minimum atomic E-state index is -0.813. The van der Waals surface area contributed by atoms with E-state index in [1.54, 1.807) is 0 Å². The Morgan fingerprint density at radius 1 is 1.41 bits per heavy atom. The SMILES string of the molecule is NCCNC(=O)C1(c2ccc(F)cc2F)CC1. The maximum Gasteiger partial charge on any atom is 0.230 e. The van der Waals surface area contributed by atoms with Crippen molar-refractivity contribution in [3.05, 3.63) is 35.4 Å². The van der Waals surface area contributed by atoms with Crippen LogP contribution in [0, 0.1) is 11.6 Å². The average Bonchev–Trinajstić information content (AvgIpc) is 3.07. The van der Waals surface area contributed by atoms with Gasteiger partial charge in [-0.1, -0.05) is 6.07 Å². The molecule has 1 saturated carbocycles. The summed E-state index contributed by atoms with van der Waals surface area (Å²) in [4.78, 5) is 11.9. The van der Waals surface area contributed by atoms with Crippen molar-refractivity contribution in [3.63, 3.8) is 0 Å². The van der Waals surface area contributed by atoms with Gasteiger partial charge < -0.3 is 11.1 Å². The van der Waals surface area contributed by atoms with Crippen molar-refractivity contribution in [2.75, 3.05) is 13.1 Å². The summed E-state index contributed by atoms with van der Waals surface area (Å²) in [6, 6.07) is 3.33. The molecule has 5 heteroatoms. The summed E-state index contributed by atoms with van der Waals surface area (Å²) in [6.45, 7) is 0.705. The number of carbonyl (C=O) groups is 1. The lowest BCUT2D eigenvalue weighted by molar-refractivity contribution is -0.123. The van der Waals surface area contributed by atoms with Crippen molar-refractivity contribution >= 4 is 5.91 Å². The molecule has 2 rings (SSSR count). The lowest BCUT2D eigenvalue weighted by atomic mass is 9.94. The molecule has 0 radical (unpaired) electrons. The van der Waals surface area contributed by atoms with Crippen molar-refractivity contribution in [3.8, 4) is 0 Å². The number of halogens is 2. The monoisotopic (exact) mass is 240 g/mol. The van der Waals surface area contributed by atoms with Crippen molar-refractivity contribution in [2.24, 2.45) is 5.73 Å². The van der Waals surface area contributed by atoms with E-state index in [-0.39, 0.29) is 11.5 Å². The number of carbonyl (C=O) groups excluding carboxylic acids is 1. The molecule has 0 aliphatic heterocycles. The third kappa shape index (κ3) is 2.15. The van der Waals surface area contributed by atoms with Gasteiger partial charge in [-0.05, 0) is 18.9 Å². The highest BCUT2D eigenvalue weighted by atomic mass is 19.1. The third-order valence-electron chi connectivity index (χ3n) is 3.06. The lowest BCUT2D eigenvalue weighted by Gasteiger charge is -2.16. The van der Waals surface area contributed by atoms with Crippen LogP contribution in [0.4, 0.5) is 8.78 Å². The summed E-state index contributed by atoms with van der Waals surface area (Å²) in [5.74, 6) is -1.52. The Kier molecular flexibility index (Phi) is 3.11.